The van der Waals surface area contributed by atoms with Gasteiger partial charge in [-0.1, -0.05) is 26.2 Å². The highest BCUT2D eigenvalue weighted by molar-refractivity contribution is 4.87. The van der Waals surface area contributed by atoms with Gasteiger partial charge in [0, 0.05) is 12.6 Å². The first kappa shape index (κ1) is 11.4. The lowest BCUT2D eigenvalue weighted by Crippen LogP contribution is -2.42. The third-order valence-electron chi connectivity index (χ3n) is 4.33. The number of aliphatic hydroxyl groups excluding tert-OH is 1. The lowest BCUT2D eigenvalue weighted by molar-refractivity contribution is 0.131. The molecule has 0 spiro atoms. The molecule has 0 bridgehead atoms. The van der Waals surface area contributed by atoms with Gasteiger partial charge in [0.05, 0.1) is 6.10 Å². The van der Waals surface area contributed by atoms with E-state index >= 15 is 0 Å². The van der Waals surface area contributed by atoms with E-state index in [1.54, 1.807) is 0 Å². The molecule has 2 nitrogen and oxygen atoms in total. The molecule has 2 rings (SSSR count). The van der Waals surface area contributed by atoms with Gasteiger partial charge in [-0.2, -0.15) is 0 Å². The molecule has 88 valence electrons. The predicted octanol–water partition coefficient (Wildman–Crippen LogP) is 2.46. The Morgan fingerprint density at radius 2 is 1.87 bits per heavy atom. The molecule has 0 unspecified atom stereocenters. The molecule has 2 heteroatoms. The van der Waals surface area contributed by atoms with Gasteiger partial charge in [-0.25, -0.2) is 0 Å². The summed E-state index contributed by atoms with van der Waals surface area (Å²) >= 11 is 0. The Morgan fingerprint density at radius 3 is 2.47 bits per heavy atom. The maximum absolute atomic E-state index is 9.74. The Kier molecular flexibility index (Phi) is 3.68. The van der Waals surface area contributed by atoms with Crippen molar-refractivity contribution in [2.24, 2.45) is 5.41 Å². The summed E-state index contributed by atoms with van der Waals surface area (Å²) in [7, 11) is 0. The highest BCUT2D eigenvalue weighted by Gasteiger charge is 2.30. The van der Waals surface area contributed by atoms with Gasteiger partial charge in [-0.15, -0.1) is 0 Å². The standard InChI is InChI=1S/C13H25NO/c1-13(8-3-2-4-9-13)10-14-11-6-5-7-12(11)15/h11-12,14-15H,2-10H2,1H3/t11-,12-/m1/s1. The van der Waals surface area contributed by atoms with E-state index in [1.165, 1.54) is 38.5 Å². The van der Waals surface area contributed by atoms with Crippen LogP contribution in [0.25, 0.3) is 0 Å². The van der Waals surface area contributed by atoms with Crippen molar-refractivity contribution in [1.29, 1.82) is 0 Å². The van der Waals surface area contributed by atoms with Gasteiger partial charge in [-0.05, 0) is 37.5 Å². The third kappa shape index (κ3) is 2.94. The molecule has 0 aromatic rings. The molecular weight excluding hydrogens is 186 g/mol. The summed E-state index contributed by atoms with van der Waals surface area (Å²) in [6.07, 6.45) is 10.2. The van der Waals surface area contributed by atoms with Gasteiger partial charge in [0.1, 0.15) is 0 Å². The van der Waals surface area contributed by atoms with Crippen LogP contribution in [0.15, 0.2) is 0 Å². The average Bonchev–Trinajstić information content (AvgIpc) is 2.62. The topological polar surface area (TPSA) is 32.3 Å². The summed E-state index contributed by atoms with van der Waals surface area (Å²) < 4.78 is 0. The zero-order valence-electron chi connectivity index (χ0n) is 9.97. The van der Waals surface area contributed by atoms with E-state index in [0.717, 1.165) is 19.4 Å². The quantitative estimate of drug-likeness (QED) is 0.751. The van der Waals surface area contributed by atoms with E-state index < -0.39 is 0 Å². The number of hydrogen-bond acceptors (Lipinski definition) is 2. The Hall–Kier alpha value is -0.0800. The molecule has 15 heavy (non-hydrogen) atoms. The fraction of sp³-hybridized carbons (Fsp3) is 1.00. The Morgan fingerprint density at radius 1 is 1.13 bits per heavy atom. The van der Waals surface area contributed by atoms with Crippen molar-refractivity contribution in [2.45, 2.75) is 70.4 Å². The molecular formula is C13H25NO. The average molecular weight is 211 g/mol. The van der Waals surface area contributed by atoms with E-state index in [-0.39, 0.29) is 6.10 Å². The van der Waals surface area contributed by atoms with Gasteiger partial charge >= 0.3 is 0 Å². The second-order valence-corrected chi connectivity index (χ2v) is 5.86. The van der Waals surface area contributed by atoms with Crippen LogP contribution in [0.5, 0.6) is 0 Å². The maximum Gasteiger partial charge on any atom is 0.0693 e. The van der Waals surface area contributed by atoms with Crippen molar-refractivity contribution in [1.82, 2.24) is 5.32 Å². The van der Waals surface area contributed by atoms with E-state index in [0.29, 0.717) is 11.5 Å². The summed E-state index contributed by atoms with van der Waals surface area (Å²) in [6, 6.07) is 0.378. The summed E-state index contributed by atoms with van der Waals surface area (Å²) in [5.41, 5.74) is 0.501. The molecule has 2 N–H and O–H groups in total. The second kappa shape index (κ2) is 4.84. The van der Waals surface area contributed by atoms with E-state index in [2.05, 4.69) is 12.2 Å². The molecule has 2 aliphatic carbocycles. The van der Waals surface area contributed by atoms with Gasteiger partial charge < -0.3 is 10.4 Å². The van der Waals surface area contributed by atoms with Gasteiger partial charge in [0.2, 0.25) is 0 Å². The number of aliphatic hydroxyl groups is 1. The molecule has 0 radical (unpaired) electrons. The molecule has 0 aromatic heterocycles. The predicted molar refractivity (Wildman–Crippen MR) is 62.8 cm³/mol. The second-order valence-electron chi connectivity index (χ2n) is 5.86. The molecule has 0 heterocycles. The lowest BCUT2D eigenvalue weighted by atomic mass is 9.75. The largest absolute Gasteiger partial charge is 0.392 e. The van der Waals surface area contributed by atoms with Gasteiger partial charge in [0.15, 0.2) is 0 Å². The van der Waals surface area contributed by atoms with E-state index in [4.69, 9.17) is 0 Å². The minimum atomic E-state index is -0.0859. The zero-order chi connectivity index (χ0) is 10.7. The summed E-state index contributed by atoms with van der Waals surface area (Å²) in [4.78, 5) is 0. The Balaban J connectivity index is 1.76. The first-order valence-corrected chi connectivity index (χ1v) is 6.61. The monoisotopic (exact) mass is 211 g/mol. The Labute approximate surface area is 93.5 Å². The van der Waals surface area contributed by atoms with Crippen LogP contribution in [0.1, 0.15) is 58.3 Å². The van der Waals surface area contributed by atoms with Crippen LogP contribution in [-0.2, 0) is 0 Å². The number of rotatable bonds is 3. The maximum atomic E-state index is 9.74. The fourth-order valence-corrected chi connectivity index (χ4v) is 3.14. The Bertz CT molecular complexity index is 199. The number of nitrogens with one attached hydrogen (secondary N) is 1. The SMILES string of the molecule is CC1(CN[C@@H]2CCC[C@H]2O)CCCCC1. The van der Waals surface area contributed by atoms with Crippen molar-refractivity contribution < 1.29 is 5.11 Å². The summed E-state index contributed by atoms with van der Waals surface area (Å²) in [5, 5.41) is 13.3. The van der Waals surface area contributed by atoms with Crippen LogP contribution >= 0.6 is 0 Å². The van der Waals surface area contributed by atoms with Crippen molar-refractivity contribution in [2.75, 3.05) is 6.54 Å². The molecule has 2 aliphatic rings. The van der Waals surface area contributed by atoms with Crippen molar-refractivity contribution in [3.63, 3.8) is 0 Å². The molecule has 0 aliphatic heterocycles. The summed E-state index contributed by atoms with van der Waals surface area (Å²) in [5.74, 6) is 0. The van der Waals surface area contributed by atoms with Gasteiger partial charge in [-0.3, -0.25) is 0 Å². The van der Waals surface area contributed by atoms with Crippen LogP contribution in [0, 0.1) is 5.41 Å². The fourth-order valence-electron chi connectivity index (χ4n) is 3.14. The minimum Gasteiger partial charge on any atom is -0.392 e. The van der Waals surface area contributed by atoms with Crippen molar-refractivity contribution in [3.8, 4) is 0 Å². The van der Waals surface area contributed by atoms with Crippen LogP contribution in [-0.4, -0.2) is 23.8 Å². The van der Waals surface area contributed by atoms with Crippen LogP contribution in [0.4, 0.5) is 0 Å². The van der Waals surface area contributed by atoms with Crippen molar-refractivity contribution >= 4 is 0 Å². The molecule has 0 saturated heterocycles. The third-order valence-corrected chi connectivity index (χ3v) is 4.33. The first-order valence-electron chi connectivity index (χ1n) is 6.61. The highest BCUT2D eigenvalue weighted by atomic mass is 16.3. The summed E-state index contributed by atoms with van der Waals surface area (Å²) in [6.45, 7) is 3.51. The number of hydrogen-bond donors (Lipinski definition) is 2. The van der Waals surface area contributed by atoms with Gasteiger partial charge in [0.25, 0.3) is 0 Å². The van der Waals surface area contributed by atoms with Crippen molar-refractivity contribution in [3.05, 3.63) is 0 Å². The molecule has 0 amide bonds. The van der Waals surface area contributed by atoms with E-state index in [1.807, 2.05) is 0 Å². The van der Waals surface area contributed by atoms with Crippen LogP contribution < -0.4 is 5.32 Å². The first-order chi connectivity index (χ1) is 7.20. The smallest absolute Gasteiger partial charge is 0.0693 e. The van der Waals surface area contributed by atoms with Crippen LogP contribution in [0.3, 0.4) is 0 Å². The van der Waals surface area contributed by atoms with E-state index in [9.17, 15) is 5.11 Å². The molecule has 2 fully saturated rings. The zero-order valence-corrected chi connectivity index (χ0v) is 9.97. The highest BCUT2D eigenvalue weighted by Crippen LogP contribution is 2.35. The minimum absolute atomic E-state index is 0.0859. The normalized spacial score (nSPS) is 35.6. The molecule has 2 atom stereocenters. The van der Waals surface area contributed by atoms with Crippen LogP contribution in [0.2, 0.25) is 0 Å². The molecule has 0 aromatic carbocycles. The lowest BCUT2D eigenvalue weighted by Gasteiger charge is -2.35. The molecule has 2 saturated carbocycles.